The van der Waals surface area contributed by atoms with Crippen LogP contribution in [0.25, 0.3) is 5.57 Å². The fourth-order valence-electron chi connectivity index (χ4n) is 14.6. The number of fused-ring (bicyclic) bond motifs is 5. The summed E-state index contributed by atoms with van der Waals surface area (Å²) < 4.78 is 4.16. The van der Waals surface area contributed by atoms with E-state index in [1.165, 1.54) is 167 Å². The number of allylic oxidation sites excluding steroid dienone is 4. The van der Waals surface area contributed by atoms with E-state index >= 15 is 0 Å². The first kappa shape index (κ1) is 47.3. The second-order valence-corrected chi connectivity index (χ2v) is 28.5. The molecule has 5 aliphatic carbocycles. The summed E-state index contributed by atoms with van der Waals surface area (Å²) >= 11 is 0. The molecule has 2 saturated carbocycles. The van der Waals surface area contributed by atoms with Crippen molar-refractivity contribution in [3.05, 3.63) is 52.1 Å². The van der Waals surface area contributed by atoms with Crippen LogP contribution in [0.5, 0.6) is 0 Å². The Morgan fingerprint density at radius 3 is 1.64 bits per heavy atom. The molecular formula is C56H97N2Si+. The first-order valence-corrected chi connectivity index (χ1v) is 29.3. The van der Waals surface area contributed by atoms with Crippen molar-refractivity contribution in [2.75, 3.05) is 21.1 Å². The van der Waals surface area contributed by atoms with Crippen LogP contribution >= 0.6 is 0 Å². The smallest absolute Gasteiger partial charge is 0.191 e. The van der Waals surface area contributed by atoms with Gasteiger partial charge in [0, 0.05) is 11.5 Å². The van der Waals surface area contributed by atoms with Crippen LogP contribution in [0.4, 0.5) is 0 Å². The van der Waals surface area contributed by atoms with Gasteiger partial charge in [-0.25, -0.2) is 0 Å². The van der Waals surface area contributed by atoms with Crippen LogP contribution in [0.15, 0.2) is 29.9 Å². The van der Waals surface area contributed by atoms with Crippen LogP contribution in [0.2, 0.25) is 18.6 Å². The van der Waals surface area contributed by atoms with Crippen molar-refractivity contribution in [3.8, 4) is 0 Å². The molecule has 6 rings (SSSR count). The second-order valence-electron chi connectivity index (χ2n) is 24.1. The Kier molecular flexibility index (Phi) is 15.8. The molecular weight excluding hydrogens is 729 g/mol. The Hall–Kier alpha value is -1.16. The van der Waals surface area contributed by atoms with Gasteiger partial charge in [-0.2, -0.15) is 4.67 Å². The molecule has 4 unspecified atom stereocenters. The number of unbranched alkanes of at least 4 members (excludes halogenated alkanes) is 14. The molecule has 0 saturated heterocycles. The summed E-state index contributed by atoms with van der Waals surface area (Å²) in [4.78, 5) is 0. The summed E-state index contributed by atoms with van der Waals surface area (Å²) in [6.07, 6.45) is 42.3. The lowest BCUT2D eigenvalue weighted by Crippen LogP contribution is -2.69. The normalized spacial score (nSPS) is 26.0. The van der Waals surface area contributed by atoms with Gasteiger partial charge in [-0.1, -0.05) is 208 Å². The van der Waals surface area contributed by atoms with Crippen molar-refractivity contribution in [2.45, 2.75) is 256 Å². The van der Waals surface area contributed by atoms with E-state index in [1.807, 2.05) is 5.57 Å². The van der Waals surface area contributed by atoms with Gasteiger partial charge in [-0.15, -0.1) is 0 Å². The average Bonchev–Trinajstić information content (AvgIpc) is 3.64. The molecule has 0 N–H and O–H groups in total. The molecule has 0 amide bonds. The number of quaternary nitrogens is 1. The van der Waals surface area contributed by atoms with Gasteiger partial charge in [0.2, 0.25) is 0 Å². The van der Waals surface area contributed by atoms with E-state index in [4.69, 9.17) is 0 Å². The quantitative estimate of drug-likeness (QED) is 0.0487. The van der Waals surface area contributed by atoms with Crippen LogP contribution in [-0.4, -0.2) is 44.7 Å². The zero-order chi connectivity index (χ0) is 42.6. The highest BCUT2D eigenvalue weighted by Gasteiger charge is 2.58. The van der Waals surface area contributed by atoms with E-state index < -0.39 is 8.24 Å². The molecule has 4 atom stereocenters. The van der Waals surface area contributed by atoms with Gasteiger partial charge in [0.15, 0.2) is 8.24 Å². The van der Waals surface area contributed by atoms with Gasteiger partial charge in [0.25, 0.3) is 0 Å². The lowest BCUT2D eigenvalue weighted by molar-refractivity contribution is -0.975. The molecule has 334 valence electrons. The van der Waals surface area contributed by atoms with Crippen LogP contribution < -0.4 is 0 Å². The van der Waals surface area contributed by atoms with Crippen molar-refractivity contribution in [3.63, 3.8) is 0 Å². The summed E-state index contributed by atoms with van der Waals surface area (Å²) in [7, 11) is 5.63. The van der Waals surface area contributed by atoms with Crippen molar-refractivity contribution in [1.82, 2.24) is 4.67 Å². The molecule has 1 aromatic carbocycles. The minimum absolute atomic E-state index is 0.161. The molecule has 2 fully saturated rings. The third-order valence-corrected chi connectivity index (χ3v) is 22.1. The predicted molar refractivity (Wildman–Crippen MR) is 263 cm³/mol. The SMILES string of the molecule is CCCCCCCCCCC1(CCCCCCCCCC)C2=CC3C(C=C2c2cc4c(cc21)C(C)(C)CCC4(C)C)CC(C)C3[Si](C)(C)N(C1CCCCC1)[N+](C)(C)C. The number of hydrogen-bond donors (Lipinski definition) is 0. The molecule has 0 heterocycles. The Bertz CT molecular complexity index is 1560. The lowest BCUT2D eigenvalue weighted by atomic mass is 9.61. The number of benzene rings is 1. The molecule has 0 radical (unpaired) electrons. The maximum Gasteiger partial charge on any atom is 0.191 e. The highest BCUT2D eigenvalue weighted by Crippen LogP contribution is 2.64. The second kappa shape index (κ2) is 19.7. The van der Waals surface area contributed by atoms with Crippen LogP contribution in [0.1, 0.15) is 238 Å². The average molecular weight is 826 g/mol. The topological polar surface area (TPSA) is 3.24 Å². The van der Waals surface area contributed by atoms with Gasteiger partial charge in [-0.3, -0.25) is 4.59 Å². The Morgan fingerprint density at radius 1 is 0.644 bits per heavy atom. The van der Waals surface area contributed by atoms with E-state index in [9.17, 15) is 0 Å². The number of hydrogen-bond acceptors (Lipinski definition) is 1. The highest BCUT2D eigenvalue weighted by molar-refractivity contribution is 6.76. The zero-order valence-corrected chi connectivity index (χ0v) is 42.5. The third kappa shape index (κ3) is 10.1. The first-order valence-electron chi connectivity index (χ1n) is 26.2. The van der Waals surface area contributed by atoms with E-state index in [0.717, 1.165) is 22.1 Å². The van der Waals surface area contributed by atoms with Crippen LogP contribution in [-0.2, 0) is 16.2 Å². The Balaban J connectivity index is 1.42. The van der Waals surface area contributed by atoms with Gasteiger partial charge in [0.05, 0.1) is 21.1 Å². The number of nitrogens with zero attached hydrogens (tertiary/aromatic N) is 2. The van der Waals surface area contributed by atoms with E-state index in [0.29, 0.717) is 11.8 Å². The first-order chi connectivity index (χ1) is 28.0. The molecule has 3 heteroatoms. The lowest BCUT2D eigenvalue weighted by Gasteiger charge is -2.54. The minimum Gasteiger partial charge on any atom is -0.258 e. The fourth-order valence-corrected chi connectivity index (χ4v) is 20.4. The number of rotatable bonds is 22. The molecule has 5 aliphatic rings. The van der Waals surface area contributed by atoms with Gasteiger partial charge < -0.3 is 0 Å². The minimum atomic E-state index is -1.89. The highest BCUT2D eigenvalue weighted by atomic mass is 28.3. The van der Waals surface area contributed by atoms with Crippen molar-refractivity contribution in [2.24, 2.45) is 17.8 Å². The van der Waals surface area contributed by atoms with Gasteiger partial charge in [-0.05, 0) is 112 Å². The summed E-state index contributed by atoms with van der Waals surface area (Å²) in [5.74, 6) is 2.13. The molecule has 0 aromatic heterocycles. The molecule has 0 spiro atoms. The molecule has 2 nitrogen and oxygen atoms in total. The van der Waals surface area contributed by atoms with Gasteiger partial charge >= 0.3 is 0 Å². The molecule has 0 bridgehead atoms. The zero-order valence-electron chi connectivity index (χ0n) is 41.5. The summed E-state index contributed by atoms with van der Waals surface area (Å²) in [6, 6.07) is 6.43. The monoisotopic (exact) mass is 826 g/mol. The maximum absolute atomic E-state index is 3.16. The standard InChI is InChI=1S/C56H97N2Si/c1-13-15-17-19-21-23-25-30-34-56(35-31-26-24-22-20-18-16-14-2)49-40-46-44(38-43(3)53(46)59(11,12)57(58(8,9)10)45-32-28-27-29-33-45)39-47(49)48-41-51-52(42-50(48)56)55(6,7)37-36-54(51,4)5/h39-46,53H,13-38H2,1-12H3/q+1. The largest absolute Gasteiger partial charge is 0.258 e. The van der Waals surface area contributed by atoms with Crippen molar-refractivity contribution < 1.29 is 4.59 Å². The van der Waals surface area contributed by atoms with E-state index in [-0.39, 0.29) is 16.2 Å². The third-order valence-electron chi connectivity index (χ3n) is 17.4. The molecule has 1 aromatic rings. The molecule has 59 heavy (non-hydrogen) atoms. The fraction of sp³-hybridized carbons (Fsp3) is 0.821. The summed E-state index contributed by atoms with van der Waals surface area (Å²) in [6.45, 7) is 23.3. The van der Waals surface area contributed by atoms with E-state index in [2.05, 4.69) is 112 Å². The summed E-state index contributed by atoms with van der Waals surface area (Å²) in [5, 5.41) is 0. The Morgan fingerprint density at radius 2 is 1.14 bits per heavy atom. The Labute approximate surface area is 368 Å². The molecule has 0 aliphatic heterocycles. The van der Waals surface area contributed by atoms with E-state index in [1.54, 1.807) is 27.8 Å². The van der Waals surface area contributed by atoms with Crippen LogP contribution in [0, 0.1) is 17.8 Å². The van der Waals surface area contributed by atoms with Crippen LogP contribution in [0.3, 0.4) is 0 Å². The predicted octanol–water partition coefficient (Wildman–Crippen LogP) is 16.8. The van der Waals surface area contributed by atoms with Crippen molar-refractivity contribution >= 4 is 13.8 Å². The summed E-state index contributed by atoms with van der Waals surface area (Å²) in [5.41, 5.74) is 11.7. The van der Waals surface area contributed by atoms with Crippen molar-refractivity contribution in [1.29, 1.82) is 0 Å². The maximum atomic E-state index is 3.16. The van der Waals surface area contributed by atoms with Gasteiger partial charge in [0.1, 0.15) is 0 Å².